The van der Waals surface area contributed by atoms with E-state index in [1.54, 1.807) is 0 Å². The van der Waals surface area contributed by atoms with E-state index >= 15 is 0 Å². The van der Waals surface area contributed by atoms with Gasteiger partial charge in [-0.2, -0.15) is 0 Å². The average Bonchev–Trinajstić information content (AvgIpc) is 2.03. The van der Waals surface area contributed by atoms with Crippen LogP contribution in [0.4, 0.5) is 0 Å². The summed E-state index contributed by atoms with van der Waals surface area (Å²) in [7, 11) is 0. The van der Waals surface area contributed by atoms with Crippen LogP contribution in [-0.2, 0) is 4.79 Å². The molecule has 3 nitrogen and oxygen atoms in total. The standard InChI is InChI=1S/C10H12NO2/c1-6-4-3-5-7(2)8(6)9(12)10(11)13/h3-5,12H,1-2H3,(H2,11,13). The number of carbonyl (C=O) groups excluding carboxylic acids is 1. The van der Waals surface area contributed by atoms with E-state index in [0.717, 1.165) is 11.1 Å². The van der Waals surface area contributed by atoms with Gasteiger partial charge in [0.05, 0.1) is 0 Å². The Morgan fingerprint density at radius 2 is 1.77 bits per heavy atom. The van der Waals surface area contributed by atoms with Gasteiger partial charge in [-0.15, -0.1) is 0 Å². The van der Waals surface area contributed by atoms with E-state index in [2.05, 4.69) is 0 Å². The molecule has 0 bridgehead atoms. The van der Waals surface area contributed by atoms with E-state index in [9.17, 15) is 9.90 Å². The second kappa shape index (κ2) is 3.58. The van der Waals surface area contributed by atoms with Crippen molar-refractivity contribution in [1.82, 2.24) is 0 Å². The van der Waals surface area contributed by atoms with Crippen LogP contribution in [0, 0.1) is 20.0 Å². The minimum atomic E-state index is -0.794. The Morgan fingerprint density at radius 3 is 2.15 bits per heavy atom. The molecule has 0 aliphatic rings. The molecule has 0 saturated heterocycles. The summed E-state index contributed by atoms with van der Waals surface area (Å²) in [6.07, 6.45) is -0.365. The maximum absolute atomic E-state index is 10.7. The number of aryl methyl sites for hydroxylation is 2. The van der Waals surface area contributed by atoms with E-state index in [4.69, 9.17) is 5.73 Å². The minimum Gasteiger partial charge on any atom is -0.372 e. The molecule has 0 fully saturated rings. The van der Waals surface area contributed by atoms with E-state index in [1.165, 1.54) is 0 Å². The molecule has 1 radical (unpaired) electrons. The molecule has 0 spiro atoms. The van der Waals surface area contributed by atoms with Crippen molar-refractivity contribution in [3.63, 3.8) is 0 Å². The summed E-state index contributed by atoms with van der Waals surface area (Å²) in [5.74, 6) is -0.794. The smallest absolute Gasteiger partial charge is 0.258 e. The maximum atomic E-state index is 10.7. The van der Waals surface area contributed by atoms with Crippen molar-refractivity contribution in [3.8, 4) is 0 Å². The third-order valence-electron chi connectivity index (χ3n) is 1.95. The molecule has 3 heteroatoms. The highest BCUT2D eigenvalue weighted by Gasteiger charge is 2.19. The number of carbonyl (C=O) groups is 1. The van der Waals surface area contributed by atoms with Crippen LogP contribution >= 0.6 is 0 Å². The lowest BCUT2D eigenvalue weighted by Gasteiger charge is -2.11. The molecule has 1 amide bonds. The van der Waals surface area contributed by atoms with Crippen molar-refractivity contribution in [2.24, 2.45) is 5.73 Å². The number of amides is 1. The number of benzene rings is 1. The highest BCUT2D eigenvalue weighted by Crippen LogP contribution is 2.20. The second-order valence-corrected chi connectivity index (χ2v) is 2.98. The summed E-state index contributed by atoms with van der Waals surface area (Å²) in [5, 5.41) is 9.40. The van der Waals surface area contributed by atoms with Crippen LogP contribution < -0.4 is 5.73 Å². The molecule has 0 unspecified atom stereocenters. The predicted octanol–water partition coefficient (Wildman–Crippen LogP) is 1.04. The molecule has 1 rings (SSSR count). The first-order chi connectivity index (χ1) is 6.04. The molecule has 69 valence electrons. The van der Waals surface area contributed by atoms with Gasteiger partial charge in [0.2, 0.25) is 6.10 Å². The van der Waals surface area contributed by atoms with Crippen LogP contribution in [0.2, 0.25) is 0 Å². The Labute approximate surface area is 77.2 Å². The third kappa shape index (κ3) is 1.87. The van der Waals surface area contributed by atoms with Crippen molar-refractivity contribution in [3.05, 3.63) is 41.0 Å². The first-order valence-corrected chi connectivity index (χ1v) is 3.96. The van der Waals surface area contributed by atoms with Crippen molar-refractivity contribution in [1.29, 1.82) is 0 Å². The first kappa shape index (κ1) is 9.74. The molecule has 0 atom stereocenters. The fourth-order valence-corrected chi connectivity index (χ4v) is 1.31. The minimum absolute atomic E-state index is 0.365. The number of hydrogen-bond acceptors (Lipinski definition) is 2. The second-order valence-electron chi connectivity index (χ2n) is 2.98. The van der Waals surface area contributed by atoms with Gasteiger partial charge in [-0.1, -0.05) is 18.2 Å². The molecule has 3 N–H and O–H groups in total. The van der Waals surface area contributed by atoms with Crippen LogP contribution in [0.15, 0.2) is 18.2 Å². The molecular formula is C10H12NO2. The van der Waals surface area contributed by atoms with Gasteiger partial charge in [0.15, 0.2) is 0 Å². The summed E-state index contributed by atoms with van der Waals surface area (Å²) in [4.78, 5) is 10.7. The summed E-state index contributed by atoms with van der Waals surface area (Å²) in [6, 6.07) is 5.51. The Hall–Kier alpha value is -1.35. The van der Waals surface area contributed by atoms with Gasteiger partial charge in [0, 0.05) is 5.56 Å². The largest absolute Gasteiger partial charge is 0.372 e. The number of nitrogens with two attached hydrogens (primary N) is 1. The highest BCUT2D eigenvalue weighted by molar-refractivity contribution is 5.91. The molecular weight excluding hydrogens is 166 g/mol. The summed E-state index contributed by atoms with van der Waals surface area (Å²) >= 11 is 0. The molecule has 13 heavy (non-hydrogen) atoms. The van der Waals surface area contributed by atoms with Gasteiger partial charge in [0.1, 0.15) is 0 Å². The van der Waals surface area contributed by atoms with Crippen LogP contribution in [0.25, 0.3) is 0 Å². The maximum Gasteiger partial charge on any atom is 0.258 e. The summed E-state index contributed by atoms with van der Waals surface area (Å²) in [6.45, 7) is 3.64. The Kier molecular flexibility index (Phi) is 2.68. The lowest BCUT2D eigenvalue weighted by molar-refractivity contribution is -0.119. The van der Waals surface area contributed by atoms with Crippen molar-refractivity contribution in [2.45, 2.75) is 13.8 Å². The number of hydrogen-bond donors (Lipinski definition) is 2. The number of aliphatic hydroxyl groups excluding tert-OH is 1. The van der Waals surface area contributed by atoms with Crippen molar-refractivity contribution >= 4 is 5.91 Å². The SMILES string of the molecule is Cc1cccc(C)c1[C](O)C(N)=O. The van der Waals surface area contributed by atoms with Crippen molar-refractivity contribution in [2.75, 3.05) is 0 Å². The van der Waals surface area contributed by atoms with Gasteiger partial charge in [-0.25, -0.2) is 0 Å². The van der Waals surface area contributed by atoms with E-state index in [0.29, 0.717) is 5.56 Å². The predicted molar refractivity (Wildman–Crippen MR) is 49.4 cm³/mol. The van der Waals surface area contributed by atoms with Crippen LogP contribution in [0.5, 0.6) is 0 Å². The van der Waals surface area contributed by atoms with E-state index < -0.39 is 5.91 Å². The average molecular weight is 178 g/mol. The number of aliphatic hydroxyl groups is 1. The van der Waals surface area contributed by atoms with Gasteiger partial charge >= 0.3 is 0 Å². The lowest BCUT2D eigenvalue weighted by Crippen LogP contribution is -2.23. The Balaban J connectivity index is 3.20. The molecule has 0 aliphatic heterocycles. The molecule has 0 saturated carbocycles. The van der Waals surface area contributed by atoms with E-state index in [-0.39, 0.29) is 6.10 Å². The first-order valence-electron chi connectivity index (χ1n) is 3.96. The fourth-order valence-electron chi connectivity index (χ4n) is 1.31. The molecule has 0 aliphatic carbocycles. The van der Waals surface area contributed by atoms with Gasteiger partial charge < -0.3 is 10.8 Å². The Bertz CT molecular complexity index is 313. The number of primary amides is 1. The van der Waals surface area contributed by atoms with Gasteiger partial charge in [-0.3, -0.25) is 4.79 Å². The zero-order chi connectivity index (χ0) is 10.0. The monoisotopic (exact) mass is 178 g/mol. The summed E-state index contributed by atoms with van der Waals surface area (Å²) in [5.41, 5.74) is 7.20. The van der Waals surface area contributed by atoms with Crippen LogP contribution in [0.3, 0.4) is 0 Å². The summed E-state index contributed by atoms with van der Waals surface area (Å²) < 4.78 is 0. The third-order valence-corrected chi connectivity index (χ3v) is 1.95. The van der Waals surface area contributed by atoms with E-state index in [1.807, 2.05) is 32.0 Å². The van der Waals surface area contributed by atoms with Gasteiger partial charge in [0.25, 0.3) is 5.91 Å². The fraction of sp³-hybridized carbons (Fsp3) is 0.200. The van der Waals surface area contributed by atoms with Gasteiger partial charge in [-0.05, 0) is 25.0 Å². The highest BCUT2D eigenvalue weighted by atomic mass is 16.3. The van der Waals surface area contributed by atoms with Crippen LogP contribution in [0.1, 0.15) is 16.7 Å². The normalized spacial score (nSPS) is 10.5. The molecule has 0 heterocycles. The quantitative estimate of drug-likeness (QED) is 0.710. The zero-order valence-corrected chi connectivity index (χ0v) is 7.66. The number of rotatable bonds is 2. The molecule has 1 aromatic carbocycles. The zero-order valence-electron chi connectivity index (χ0n) is 7.66. The molecule has 1 aromatic rings. The van der Waals surface area contributed by atoms with Crippen molar-refractivity contribution < 1.29 is 9.90 Å². The molecule has 0 aromatic heterocycles. The lowest BCUT2D eigenvalue weighted by atomic mass is 9.98. The topological polar surface area (TPSA) is 63.3 Å². The Morgan fingerprint density at radius 1 is 1.31 bits per heavy atom. The van der Waals surface area contributed by atoms with Crippen LogP contribution in [-0.4, -0.2) is 11.0 Å².